The van der Waals surface area contributed by atoms with Crippen molar-refractivity contribution in [2.45, 2.75) is 43.4 Å². The lowest BCUT2D eigenvalue weighted by Crippen LogP contribution is -2.50. The summed E-state index contributed by atoms with van der Waals surface area (Å²) in [6.45, 7) is 0. The molecule has 3 unspecified atom stereocenters. The van der Waals surface area contributed by atoms with Crippen LogP contribution in [0, 0.1) is 5.82 Å². The maximum absolute atomic E-state index is 13.6. The molecular weight excluding hydrogens is 233 g/mol. The standard InChI is InChI=1S/C14H18FNO2/c1-17-12-4-2-9(6-11(12)15)7-14(16)8-10-3-5-13(14)18-10/h2,4,6,10,13H,3,5,7-8,16H2,1H3. The molecule has 0 radical (unpaired) electrons. The van der Waals surface area contributed by atoms with Crippen LogP contribution in [0.1, 0.15) is 24.8 Å². The maximum Gasteiger partial charge on any atom is 0.165 e. The lowest BCUT2D eigenvalue weighted by molar-refractivity contribution is 0.0856. The van der Waals surface area contributed by atoms with Crippen molar-refractivity contribution in [3.8, 4) is 5.75 Å². The molecule has 2 fully saturated rings. The lowest BCUT2D eigenvalue weighted by atomic mass is 9.78. The zero-order valence-corrected chi connectivity index (χ0v) is 10.5. The summed E-state index contributed by atoms with van der Waals surface area (Å²) >= 11 is 0. The molecule has 3 nitrogen and oxygen atoms in total. The van der Waals surface area contributed by atoms with Gasteiger partial charge < -0.3 is 15.2 Å². The maximum atomic E-state index is 13.6. The van der Waals surface area contributed by atoms with Crippen LogP contribution in [0.2, 0.25) is 0 Å². The van der Waals surface area contributed by atoms with Crippen molar-refractivity contribution in [3.05, 3.63) is 29.6 Å². The molecule has 0 aliphatic carbocycles. The highest BCUT2D eigenvalue weighted by Crippen LogP contribution is 2.42. The van der Waals surface area contributed by atoms with E-state index in [4.69, 9.17) is 15.2 Å². The Kier molecular flexibility index (Phi) is 2.79. The number of hydrogen-bond acceptors (Lipinski definition) is 3. The van der Waals surface area contributed by atoms with Gasteiger partial charge in [-0.25, -0.2) is 4.39 Å². The van der Waals surface area contributed by atoms with Crippen LogP contribution in [0.15, 0.2) is 18.2 Å². The monoisotopic (exact) mass is 251 g/mol. The molecule has 98 valence electrons. The second-order valence-electron chi connectivity index (χ2n) is 5.41. The van der Waals surface area contributed by atoms with E-state index in [1.165, 1.54) is 13.2 Å². The number of methoxy groups -OCH3 is 1. The summed E-state index contributed by atoms with van der Waals surface area (Å²) in [7, 11) is 1.46. The van der Waals surface area contributed by atoms with Crippen molar-refractivity contribution in [3.63, 3.8) is 0 Å². The van der Waals surface area contributed by atoms with Crippen molar-refractivity contribution < 1.29 is 13.9 Å². The van der Waals surface area contributed by atoms with E-state index >= 15 is 0 Å². The van der Waals surface area contributed by atoms with E-state index in [1.807, 2.05) is 6.07 Å². The van der Waals surface area contributed by atoms with Crippen molar-refractivity contribution in [2.75, 3.05) is 7.11 Å². The predicted octanol–water partition coefficient (Wildman–Crippen LogP) is 2.03. The van der Waals surface area contributed by atoms with Crippen LogP contribution in [0.4, 0.5) is 4.39 Å². The Morgan fingerprint density at radius 2 is 2.33 bits per heavy atom. The molecule has 3 rings (SSSR count). The summed E-state index contributed by atoms with van der Waals surface area (Å²) in [5, 5.41) is 0. The number of hydrogen-bond donors (Lipinski definition) is 1. The van der Waals surface area contributed by atoms with E-state index in [9.17, 15) is 4.39 Å². The van der Waals surface area contributed by atoms with Gasteiger partial charge in [0.2, 0.25) is 0 Å². The first-order valence-corrected chi connectivity index (χ1v) is 6.37. The van der Waals surface area contributed by atoms with Gasteiger partial charge in [0.15, 0.2) is 11.6 Å². The van der Waals surface area contributed by atoms with Crippen LogP contribution in [-0.4, -0.2) is 24.9 Å². The molecule has 0 saturated carbocycles. The highest BCUT2D eigenvalue weighted by Gasteiger charge is 2.49. The van der Waals surface area contributed by atoms with Gasteiger partial charge in [0.05, 0.1) is 19.3 Å². The van der Waals surface area contributed by atoms with Crippen molar-refractivity contribution in [2.24, 2.45) is 5.73 Å². The first-order valence-electron chi connectivity index (χ1n) is 6.37. The summed E-state index contributed by atoms with van der Waals surface area (Å²) in [6.07, 6.45) is 4.12. The second-order valence-corrected chi connectivity index (χ2v) is 5.41. The van der Waals surface area contributed by atoms with Crippen LogP contribution in [0.3, 0.4) is 0 Å². The number of ether oxygens (including phenoxy) is 2. The van der Waals surface area contributed by atoms with E-state index in [0.717, 1.165) is 24.8 Å². The van der Waals surface area contributed by atoms with Gasteiger partial charge in [-0.2, -0.15) is 0 Å². The average molecular weight is 251 g/mol. The van der Waals surface area contributed by atoms with Gasteiger partial charge in [0, 0.05) is 5.54 Å². The normalized spacial score (nSPS) is 33.9. The molecule has 0 spiro atoms. The SMILES string of the molecule is COc1ccc(CC2(N)CC3CCC2O3)cc1F. The molecule has 2 N–H and O–H groups in total. The molecule has 2 saturated heterocycles. The lowest BCUT2D eigenvalue weighted by Gasteiger charge is -2.31. The van der Waals surface area contributed by atoms with Crippen molar-refractivity contribution in [1.82, 2.24) is 0 Å². The molecular formula is C14H18FNO2. The molecule has 4 heteroatoms. The first-order chi connectivity index (χ1) is 8.60. The van der Waals surface area contributed by atoms with Crippen LogP contribution >= 0.6 is 0 Å². The Morgan fingerprint density at radius 1 is 1.50 bits per heavy atom. The number of fused-ring (bicyclic) bond motifs is 2. The Labute approximate surface area is 106 Å². The van der Waals surface area contributed by atoms with Gasteiger partial charge in [-0.15, -0.1) is 0 Å². The quantitative estimate of drug-likeness (QED) is 0.894. The van der Waals surface area contributed by atoms with Crippen LogP contribution in [0.5, 0.6) is 5.75 Å². The van der Waals surface area contributed by atoms with E-state index in [2.05, 4.69) is 0 Å². The number of halogens is 1. The van der Waals surface area contributed by atoms with Crippen LogP contribution < -0.4 is 10.5 Å². The van der Waals surface area contributed by atoms with E-state index in [0.29, 0.717) is 12.5 Å². The van der Waals surface area contributed by atoms with E-state index < -0.39 is 0 Å². The largest absolute Gasteiger partial charge is 0.494 e. The van der Waals surface area contributed by atoms with Crippen LogP contribution in [0.25, 0.3) is 0 Å². The number of rotatable bonds is 3. The van der Waals surface area contributed by atoms with Crippen LogP contribution in [-0.2, 0) is 11.2 Å². The third-order valence-corrected chi connectivity index (χ3v) is 4.11. The minimum atomic E-state index is -0.331. The predicted molar refractivity (Wildman–Crippen MR) is 66.1 cm³/mol. The molecule has 0 aromatic heterocycles. The highest BCUT2D eigenvalue weighted by atomic mass is 19.1. The second kappa shape index (κ2) is 4.21. The third-order valence-electron chi connectivity index (χ3n) is 4.11. The minimum Gasteiger partial charge on any atom is -0.494 e. The van der Waals surface area contributed by atoms with Gasteiger partial charge in [0.25, 0.3) is 0 Å². The summed E-state index contributed by atoms with van der Waals surface area (Å²) < 4.78 is 24.3. The molecule has 2 aliphatic rings. The summed E-state index contributed by atoms with van der Waals surface area (Å²) in [5.74, 6) is -0.0586. The third kappa shape index (κ3) is 1.89. The molecule has 1 aromatic carbocycles. The topological polar surface area (TPSA) is 44.5 Å². The van der Waals surface area contributed by atoms with E-state index in [-0.39, 0.29) is 23.2 Å². The van der Waals surface area contributed by atoms with Gasteiger partial charge in [-0.1, -0.05) is 6.07 Å². The Balaban J connectivity index is 1.78. The Hall–Kier alpha value is -1.13. The number of benzene rings is 1. The zero-order valence-electron chi connectivity index (χ0n) is 10.5. The smallest absolute Gasteiger partial charge is 0.165 e. The molecule has 2 heterocycles. The molecule has 2 bridgehead atoms. The van der Waals surface area contributed by atoms with Crippen molar-refractivity contribution in [1.29, 1.82) is 0 Å². The molecule has 3 atom stereocenters. The molecule has 18 heavy (non-hydrogen) atoms. The average Bonchev–Trinajstić information content (AvgIpc) is 2.88. The molecule has 2 aliphatic heterocycles. The summed E-state index contributed by atoms with van der Waals surface area (Å²) in [6, 6.07) is 5.05. The Morgan fingerprint density at radius 3 is 2.89 bits per heavy atom. The number of nitrogens with two attached hydrogens (primary N) is 1. The van der Waals surface area contributed by atoms with E-state index in [1.54, 1.807) is 6.07 Å². The minimum absolute atomic E-state index is 0.132. The van der Waals surface area contributed by atoms with Gasteiger partial charge >= 0.3 is 0 Å². The highest BCUT2D eigenvalue weighted by molar-refractivity contribution is 5.31. The fourth-order valence-corrected chi connectivity index (χ4v) is 3.22. The van der Waals surface area contributed by atoms with Gasteiger partial charge in [0.1, 0.15) is 0 Å². The molecule has 0 amide bonds. The fourth-order valence-electron chi connectivity index (χ4n) is 3.22. The van der Waals surface area contributed by atoms with Gasteiger partial charge in [-0.3, -0.25) is 0 Å². The zero-order chi connectivity index (χ0) is 12.8. The first kappa shape index (κ1) is 11.9. The summed E-state index contributed by atoms with van der Waals surface area (Å²) in [5.41, 5.74) is 7.00. The molecule has 1 aromatic rings. The van der Waals surface area contributed by atoms with Gasteiger partial charge in [-0.05, 0) is 43.4 Å². The Bertz CT molecular complexity index is 465. The van der Waals surface area contributed by atoms with Crippen molar-refractivity contribution >= 4 is 0 Å². The fraction of sp³-hybridized carbons (Fsp3) is 0.571. The summed E-state index contributed by atoms with van der Waals surface area (Å²) in [4.78, 5) is 0.